The number of hydrogen-bond acceptors (Lipinski definition) is 0. The van der Waals surface area contributed by atoms with Crippen molar-refractivity contribution in [2.75, 3.05) is 0 Å². The van der Waals surface area contributed by atoms with Crippen LogP contribution in [-0.2, 0) is 0 Å². The molecule has 0 fully saturated rings. The van der Waals surface area contributed by atoms with Gasteiger partial charge in [0.05, 0.1) is 33.9 Å². The van der Waals surface area contributed by atoms with E-state index in [0.717, 1.165) is 0 Å². The molecule has 0 unspecified atom stereocenters. The van der Waals surface area contributed by atoms with E-state index in [1.807, 2.05) is 0 Å². The third-order valence-corrected chi connectivity index (χ3v) is 4.76. The Bertz CT molecular complexity index is 907. The van der Waals surface area contributed by atoms with Crippen LogP contribution >= 0.6 is 22.9 Å². The maximum absolute atomic E-state index is 2.37. The van der Waals surface area contributed by atoms with E-state index in [1.54, 1.807) is 0 Å². The molecule has 1 heterocycles. The van der Waals surface area contributed by atoms with Crippen molar-refractivity contribution in [2.45, 2.75) is 0 Å². The number of benzene rings is 3. The normalized spacial score (nSPS) is 11.2. The number of nitrogens with zero attached hydrogens (tertiary/aromatic N) is 1. The van der Waals surface area contributed by atoms with E-state index >= 15 is 0 Å². The van der Waals surface area contributed by atoms with Crippen LogP contribution in [0.5, 0.6) is 0 Å². The number of hydrogen-bond donors (Lipinski definition) is 0. The Labute approximate surface area is 131 Å². The predicted octanol–water partition coefficient (Wildman–Crippen LogP) is 5.66. The SMILES string of the molecule is In1c2ccccc2c2cc(-c3ccccc3)ccc21. The van der Waals surface area contributed by atoms with E-state index in [2.05, 4.69) is 98.4 Å². The zero-order chi connectivity index (χ0) is 13.5. The third kappa shape index (κ3) is 1.75. The van der Waals surface area contributed by atoms with Gasteiger partial charge in [-0.1, -0.05) is 54.6 Å². The van der Waals surface area contributed by atoms with Gasteiger partial charge in [-0.3, -0.25) is 2.78 Å². The highest BCUT2D eigenvalue weighted by Crippen LogP contribution is 2.33. The van der Waals surface area contributed by atoms with Crippen molar-refractivity contribution in [1.82, 2.24) is 2.78 Å². The molecule has 0 saturated carbocycles. The Kier molecular flexibility index (Phi) is 2.77. The zero-order valence-electron chi connectivity index (χ0n) is 10.8. The summed E-state index contributed by atoms with van der Waals surface area (Å²) in [5.74, 6) is 0. The minimum atomic E-state index is 1.26. The molecule has 0 aliphatic heterocycles. The highest BCUT2D eigenvalue weighted by molar-refractivity contribution is 14.1. The van der Waals surface area contributed by atoms with Gasteiger partial charge in [-0.15, -0.1) is 0 Å². The average Bonchev–Trinajstić information content (AvgIpc) is 2.81. The van der Waals surface area contributed by atoms with Crippen LogP contribution in [0.4, 0.5) is 0 Å². The molecular formula is C18H12IN. The summed E-state index contributed by atoms with van der Waals surface area (Å²) in [6, 6.07) is 25.8. The number of para-hydroxylation sites is 1. The van der Waals surface area contributed by atoms with Gasteiger partial charge in [-0.05, 0) is 29.3 Å². The lowest BCUT2D eigenvalue weighted by Crippen LogP contribution is -1.79. The maximum Gasteiger partial charge on any atom is 0.0646 e. The van der Waals surface area contributed by atoms with Crippen molar-refractivity contribution in [3.8, 4) is 11.1 Å². The maximum atomic E-state index is 2.37. The van der Waals surface area contributed by atoms with E-state index in [1.165, 1.54) is 32.9 Å². The number of aromatic nitrogens is 1. The third-order valence-electron chi connectivity index (χ3n) is 3.72. The van der Waals surface area contributed by atoms with Crippen molar-refractivity contribution in [2.24, 2.45) is 0 Å². The highest BCUT2D eigenvalue weighted by atomic mass is 127. The molecule has 4 rings (SSSR count). The number of halogens is 1. The van der Waals surface area contributed by atoms with Gasteiger partial charge in [0, 0.05) is 10.8 Å². The highest BCUT2D eigenvalue weighted by Gasteiger charge is 2.09. The molecule has 0 atom stereocenters. The lowest BCUT2D eigenvalue weighted by atomic mass is 10.0. The summed E-state index contributed by atoms with van der Waals surface area (Å²) >= 11 is 2.37. The fourth-order valence-electron chi connectivity index (χ4n) is 2.74. The molecule has 96 valence electrons. The Balaban J connectivity index is 2.07. The molecule has 20 heavy (non-hydrogen) atoms. The topological polar surface area (TPSA) is 4.93 Å². The lowest BCUT2D eigenvalue weighted by Gasteiger charge is -2.02. The Morgan fingerprint density at radius 1 is 0.600 bits per heavy atom. The molecule has 0 aliphatic carbocycles. The molecule has 0 radical (unpaired) electrons. The second kappa shape index (κ2) is 4.63. The van der Waals surface area contributed by atoms with Crippen molar-refractivity contribution in [1.29, 1.82) is 0 Å². The van der Waals surface area contributed by atoms with E-state index < -0.39 is 0 Å². The summed E-state index contributed by atoms with van der Waals surface area (Å²) in [5, 5.41) is 2.63. The van der Waals surface area contributed by atoms with Crippen LogP contribution in [0.2, 0.25) is 0 Å². The molecule has 3 aromatic carbocycles. The van der Waals surface area contributed by atoms with Crippen molar-refractivity contribution in [3.05, 3.63) is 72.8 Å². The van der Waals surface area contributed by atoms with Gasteiger partial charge in [0.15, 0.2) is 0 Å². The zero-order valence-corrected chi connectivity index (χ0v) is 12.9. The fraction of sp³-hybridized carbons (Fsp3) is 0. The van der Waals surface area contributed by atoms with E-state index in [0.29, 0.717) is 0 Å². The van der Waals surface area contributed by atoms with Gasteiger partial charge >= 0.3 is 0 Å². The average molecular weight is 369 g/mol. The minimum Gasteiger partial charge on any atom is -0.282 e. The first kappa shape index (κ1) is 12.0. The summed E-state index contributed by atoms with van der Waals surface area (Å²) in [5.41, 5.74) is 5.07. The summed E-state index contributed by atoms with van der Waals surface area (Å²) < 4.78 is 2.23. The first-order chi connectivity index (χ1) is 9.84. The van der Waals surface area contributed by atoms with Gasteiger partial charge in [-0.2, -0.15) is 0 Å². The Morgan fingerprint density at radius 3 is 2.15 bits per heavy atom. The molecule has 2 heteroatoms. The van der Waals surface area contributed by atoms with Gasteiger partial charge in [0.2, 0.25) is 0 Å². The molecule has 4 aromatic rings. The van der Waals surface area contributed by atoms with E-state index in [4.69, 9.17) is 0 Å². The van der Waals surface area contributed by atoms with Crippen LogP contribution in [0.3, 0.4) is 0 Å². The van der Waals surface area contributed by atoms with E-state index in [-0.39, 0.29) is 0 Å². The van der Waals surface area contributed by atoms with Crippen LogP contribution in [-0.4, -0.2) is 2.78 Å². The fourth-order valence-corrected chi connectivity index (χ4v) is 3.58. The first-order valence-electron chi connectivity index (χ1n) is 6.59. The van der Waals surface area contributed by atoms with Gasteiger partial charge in [0.25, 0.3) is 0 Å². The van der Waals surface area contributed by atoms with Gasteiger partial charge < -0.3 is 0 Å². The molecule has 0 bridgehead atoms. The number of rotatable bonds is 1. The summed E-state index contributed by atoms with van der Waals surface area (Å²) in [6.07, 6.45) is 0. The molecule has 0 saturated heterocycles. The van der Waals surface area contributed by atoms with Crippen LogP contribution in [0.15, 0.2) is 72.8 Å². The molecule has 1 aromatic heterocycles. The van der Waals surface area contributed by atoms with Gasteiger partial charge in [0.1, 0.15) is 0 Å². The number of fused-ring (bicyclic) bond motifs is 3. The van der Waals surface area contributed by atoms with E-state index in [9.17, 15) is 0 Å². The summed E-state index contributed by atoms with van der Waals surface area (Å²) in [7, 11) is 0. The molecule has 0 amide bonds. The molecule has 0 spiro atoms. The minimum absolute atomic E-state index is 1.26. The Hall–Kier alpha value is -1.81. The molecular weight excluding hydrogens is 357 g/mol. The lowest BCUT2D eigenvalue weighted by molar-refractivity contribution is 1.49. The summed E-state index contributed by atoms with van der Waals surface area (Å²) in [4.78, 5) is 0. The van der Waals surface area contributed by atoms with Crippen LogP contribution in [0.1, 0.15) is 0 Å². The van der Waals surface area contributed by atoms with Crippen molar-refractivity contribution < 1.29 is 0 Å². The van der Waals surface area contributed by atoms with Crippen LogP contribution in [0.25, 0.3) is 32.9 Å². The molecule has 0 N–H and O–H groups in total. The standard InChI is InChI=1S/C18H12IN/c19-20-17-9-5-4-8-15(17)16-12-14(10-11-18(16)20)13-6-2-1-3-7-13/h1-12H. The quantitative estimate of drug-likeness (QED) is 0.382. The van der Waals surface area contributed by atoms with Crippen LogP contribution in [0, 0.1) is 0 Å². The first-order valence-corrected chi connectivity index (χ1v) is 7.56. The second-order valence-corrected chi connectivity index (χ2v) is 5.86. The Morgan fingerprint density at radius 2 is 1.30 bits per heavy atom. The summed E-state index contributed by atoms with van der Waals surface area (Å²) in [6.45, 7) is 0. The van der Waals surface area contributed by atoms with Crippen molar-refractivity contribution in [3.63, 3.8) is 0 Å². The van der Waals surface area contributed by atoms with Crippen molar-refractivity contribution >= 4 is 44.7 Å². The molecule has 1 nitrogen and oxygen atoms in total. The van der Waals surface area contributed by atoms with Crippen LogP contribution < -0.4 is 0 Å². The smallest absolute Gasteiger partial charge is 0.0646 e. The predicted molar refractivity (Wildman–Crippen MR) is 94.3 cm³/mol. The molecule has 0 aliphatic rings. The monoisotopic (exact) mass is 369 g/mol. The largest absolute Gasteiger partial charge is 0.282 e. The second-order valence-electron chi connectivity index (χ2n) is 4.90. The van der Waals surface area contributed by atoms with Gasteiger partial charge in [-0.25, -0.2) is 0 Å².